The topological polar surface area (TPSA) is 65.3 Å². The van der Waals surface area contributed by atoms with Gasteiger partial charge in [0.05, 0.1) is 6.26 Å². The second-order valence-electron chi connectivity index (χ2n) is 6.27. The first-order valence-electron chi connectivity index (χ1n) is 7.93. The number of fused-ring (bicyclic) bond motifs is 1. The Morgan fingerprint density at radius 3 is 2.44 bits per heavy atom. The Morgan fingerprint density at radius 2 is 1.72 bits per heavy atom. The van der Waals surface area contributed by atoms with Crippen molar-refractivity contribution in [2.24, 2.45) is 10.3 Å². The van der Waals surface area contributed by atoms with Gasteiger partial charge < -0.3 is 4.90 Å². The van der Waals surface area contributed by atoms with Gasteiger partial charge in [-0.05, 0) is 23.3 Å². The molecule has 1 atom stereocenters. The van der Waals surface area contributed by atoms with Crippen LogP contribution < -0.4 is 4.90 Å². The fourth-order valence-electron chi connectivity index (χ4n) is 3.48. The van der Waals surface area contributed by atoms with Gasteiger partial charge in [0.15, 0.2) is 5.66 Å². The van der Waals surface area contributed by atoms with E-state index in [2.05, 4.69) is 10.3 Å². The van der Waals surface area contributed by atoms with Gasteiger partial charge in [-0.15, -0.1) is 4.41 Å². The van der Waals surface area contributed by atoms with E-state index in [-0.39, 0.29) is 6.54 Å². The molecule has 0 N–H and O–H groups in total. The zero-order chi connectivity index (χ0) is 17.7. The summed E-state index contributed by atoms with van der Waals surface area (Å²) < 4.78 is 25.8. The maximum absolute atomic E-state index is 12.3. The lowest BCUT2D eigenvalue weighted by Gasteiger charge is -2.45. The van der Waals surface area contributed by atoms with Crippen LogP contribution in [0, 0.1) is 0 Å². The third-order valence-corrected chi connectivity index (χ3v) is 5.71. The predicted molar refractivity (Wildman–Crippen MR) is 97.5 cm³/mol. The summed E-state index contributed by atoms with van der Waals surface area (Å²) >= 11 is 0. The first-order chi connectivity index (χ1) is 11.9. The van der Waals surface area contributed by atoms with Crippen LogP contribution in [0.5, 0.6) is 0 Å². The molecule has 0 saturated carbocycles. The molecular formula is C18H18N4O2S. The van der Waals surface area contributed by atoms with Gasteiger partial charge in [0.1, 0.15) is 6.54 Å². The van der Waals surface area contributed by atoms with Crippen LogP contribution in [0.4, 0.5) is 5.69 Å². The zero-order valence-corrected chi connectivity index (χ0v) is 14.8. The number of hydrogen-bond donors (Lipinski definition) is 0. The Morgan fingerprint density at radius 1 is 1.04 bits per heavy atom. The molecule has 2 aliphatic rings. The zero-order valence-electron chi connectivity index (χ0n) is 14.0. The van der Waals surface area contributed by atoms with Crippen molar-refractivity contribution >= 4 is 21.3 Å². The first kappa shape index (κ1) is 15.8. The molecule has 2 heterocycles. The van der Waals surface area contributed by atoms with Crippen LogP contribution in [-0.2, 0) is 10.0 Å². The summed E-state index contributed by atoms with van der Waals surface area (Å²) in [6.45, 7) is 0.251. The molecule has 2 aromatic carbocycles. The molecule has 6 nitrogen and oxygen atoms in total. The Labute approximate surface area is 147 Å². The molecule has 2 aromatic rings. The van der Waals surface area contributed by atoms with Gasteiger partial charge in [-0.3, -0.25) is 0 Å². The highest BCUT2D eigenvalue weighted by atomic mass is 32.2. The molecule has 0 amide bonds. The third kappa shape index (κ3) is 2.34. The minimum atomic E-state index is -3.56. The van der Waals surface area contributed by atoms with E-state index in [9.17, 15) is 8.42 Å². The van der Waals surface area contributed by atoms with Crippen molar-refractivity contribution in [3.63, 3.8) is 0 Å². The van der Waals surface area contributed by atoms with Crippen LogP contribution in [0.3, 0.4) is 0 Å². The monoisotopic (exact) mass is 354 g/mol. The predicted octanol–water partition coefficient (Wildman–Crippen LogP) is 2.91. The normalized spacial score (nSPS) is 22.2. The summed E-state index contributed by atoms with van der Waals surface area (Å²) in [4.78, 5) is 1.94. The van der Waals surface area contributed by atoms with Gasteiger partial charge in [-0.25, -0.2) is 8.42 Å². The van der Waals surface area contributed by atoms with E-state index >= 15 is 0 Å². The molecule has 4 rings (SSSR count). The minimum absolute atomic E-state index is 0.251. The van der Waals surface area contributed by atoms with Gasteiger partial charge in [-0.2, -0.15) is 5.11 Å². The molecule has 2 aliphatic heterocycles. The van der Waals surface area contributed by atoms with E-state index in [1.807, 2.05) is 72.6 Å². The highest BCUT2D eigenvalue weighted by molar-refractivity contribution is 7.88. The number of hydrogen-bond acceptors (Lipinski definition) is 5. The lowest BCUT2D eigenvalue weighted by atomic mass is 9.88. The summed E-state index contributed by atoms with van der Waals surface area (Å²) in [5.74, 6) is 0. The largest absolute Gasteiger partial charge is 0.344 e. The second kappa shape index (κ2) is 5.42. The standard InChI is InChI=1S/C18H18N4O2S/c1-21-17-11-7-6-10-15(17)16(14-8-4-3-5-9-14)12-18(21)13-19-20-22(18)25(2,23)24/h3-12H,13H2,1-2H3/t18-/m1/s1. The van der Waals surface area contributed by atoms with Crippen molar-refractivity contribution in [1.29, 1.82) is 0 Å². The average Bonchev–Trinajstić information content (AvgIpc) is 3.04. The van der Waals surface area contributed by atoms with Crippen LogP contribution in [-0.4, -0.2) is 38.3 Å². The quantitative estimate of drug-likeness (QED) is 0.833. The van der Waals surface area contributed by atoms with Crippen LogP contribution in [0.2, 0.25) is 0 Å². The van der Waals surface area contributed by atoms with Crippen molar-refractivity contribution in [3.05, 3.63) is 71.8 Å². The fourth-order valence-corrected chi connectivity index (χ4v) is 4.48. The van der Waals surface area contributed by atoms with Crippen molar-refractivity contribution in [1.82, 2.24) is 4.41 Å². The lowest BCUT2D eigenvalue weighted by Crippen LogP contribution is -2.59. The first-order valence-corrected chi connectivity index (χ1v) is 9.78. The van der Waals surface area contributed by atoms with Crippen molar-refractivity contribution in [2.45, 2.75) is 5.66 Å². The number of sulfonamides is 1. The van der Waals surface area contributed by atoms with Gasteiger partial charge in [0.25, 0.3) is 10.0 Å². The summed E-state index contributed by atoms with van der Waals surface area (Å²) in [6.07, 6.45) is 3.12. The van der Waals surface area contributed by atoms with Crippen molar-refractivity contribution < 1.29 is 8.42 Å². The highest BCUT2D eigenvalue weighted by Gasteiger charge is 2.50. The second-order valence-corrected chi connectivity index (χ2v) is 8.09. The molecule has 0 fully saturated rings. The SMILES string of the molecule is CN1c2ccccc2C(c2ccccc2)=C[C@@]12CN=NN2S(C)(=O)=O. The van der Waals surface area contributed by atoms with Gasteiger partial charge >= 0.3 is 0 Å². The van der Waals surface area contributed by atoms with E-state index in [1.165, 1.54) is 0 Å². The minimum Gasteiger partial charge on any atom is -0.344 e. The van der Waals surface area contributed by atoms with E-state index in [4.69, 9.17) is 0 Å². The summed E-state index contributed by atoms with van der Waals surface area (Å²) in [7, 11) is -1.68. The van der Waals surface area contributed by atoms with E-state index in [1.54, 1.807) is 0 Å². The number of rotatable bonds is 2. The van der Waals surface area contributed by atoms with Crippen LogP contribution in [0.25, 0.3) is 5.57 Å². The van der Waals surface area contributed by atoms with E-state index in [0.29, 0.717) is 0 Å². The molecule has 25 heavy (non-hydrogen) atoms. The maximum Gasteiger partial charge on any atom is 0.250 e. The maximum atomic E-state index is 12.3. The number of para-hydroxylation sites is 1. The van der Waals surface area contributed by atoms with Crippen LogP contribution >= 0.6 is 0 Å². The summed E-state index contributed by atoms with van der Waals surface area (Å²) in [6, 6.07) is 17.9. The third-order valence-electron chi connectivity index (χ3n) is 4.69. The Bertz CT molecular complexity index is 985. The Kier molecular flexibility index (Phi) is 3.43. The summed E-state index contributed by atoms with van der Waals surface area (Å²) in [5, 5.41) is 7.96. The molecular weight excluding hydrogens is 336 g/mol. The molecule has 0 bridgehead atoms. The smallest absolute Gasteiger partial charge is 0.250 e. The van der Waals surface area contributed by atoms with E-state index in [0.717, 1.165) is 33.1 Å². The van der Waals surface area contributed by atoms with Crippen LogP contribution in [0.1, 0.15) is 11.1 Å². The van der Waals surface area contributed by atoms with Gasteiger partial charge in [0, 0.05) is 18.3 Å². The number of likely N-dealkylation sites (N-methyl/N-ethyl adjacent to an activating group) is 1. The molecule has 0 aliphatic carbocycles. The molecule has 0 radical (unpaired) electrons. The molecule has 0 saturated heterocycles. The molecule has 128 valence electrons. The van der Waals surface area contributed by atoms with E-state index < -0.39 is 15.7 Å². The molecule has 1 spiro atoms. The lowest BCUT2D eigenvalue weighted by molar-refractivity contribution is 0.290. The Hall–Kier alpha value is -2.67. The molecule has 0 aromatic heterocycles. The average molecular weight is 354 g/mol. The molecule has 0 unspecified atom stereocenters. The number of nitrogens with zero attached hydrogens (tertiary/aromatic N) is 4. The van der Waals surface area contributed by atoms with Crippen molar-refractivity contribution in [3.8, 4) is 0 Å². The highest BCUT2D eigenvalue weighted by Crippen LogP contribution is 2.44. The fraction of sp³-hybridized carbons (Fsp3) is 0.222. The van der Waals surface area contributed by atoms with Crippen LogP contribution in [0.15, 0.2) is 71.0 Å². The molecule has 7 heteroatoms. The number of benzene rings is 2. The van der Waals surface area contributed by atoms with Gasteiger partial charge in [0.2, 0.25) is 0 Å². The Balaban J connectivity index is 1.99. The summed E-state index contributed by atoms with van der Waals surface area (Å²) in [5.41, 5.74) is 3.05. The van der Waals surface area contributed by atoms with Gasteiger partial charge in [-0.1, -0.05) is 53.8 Å². The van der Waals surface area contributed by atoms with Crippen molar-refractivity contribution in [2.75, 3.05) is 24.7 Å². The number of anilines is 1.